The number of fused-ring (bicyclic) bond motifs is 2. The summed E-state index contributed by atoms with van der Waals surface area (Å²) in [6, 6.07) is 16.6. The van der Waals surface area contributed by atoms with Crippen molar-refractivity contribution >= 4 is 51.5 Å². The van der Waals surface area contributed by atoms with E-state index in [-0.39, 0.29) is 5.95 Å². The van der Waals surface area contributed by atoms with Gasteiger partial charge < -0.3 is 19.6 Å². The highest BCUT2D eigenvalue weighted by atomic mass is 35.5. The number of imidazole rings is 1. The number of hydrazine groups is 1. The maximum absolute atomic E-state index is 11.9. The molecule has 0 bridgehead atoms. The van der Waals surface area contributed by atoms with E-state index in [4.69, 9.17) is 21.4 Å². The number of nitrogens with zero attached hydrogens (tertiary/aromatic N) is 2. The molecule has 0 aliphatic rings. The van der Waals surface area contributed by atoms with Crippen LogP contribution in [0.3, 0.4) is 0 Å². The quantitative estimate of drug-likeness (QED) is 0.400. The molecular formula is C20H15ClN4O5. The van der Waals surface area contributed by atoms with Gasteiger partial charge in [0.25, 0.3) is 0 Å². The Morgan fingerprint density at radius 3 is 2.67 bits per heavy atom. The normalized spacial score (nSPS) is 10.7. The number of aromatic amines is 1. The first kappa shape index (κ1) is 19.3. The van der Waals surface area contributed by atoms with Crippen molar-refractivity contribution in [2.45, 2.75) is 0 Å². The summed E-state index contributed by atoms with van der Waals surface area (Å²) >= 11 is 6.38. The number of anilines is 1. The average Bonchev–Trinajstić information content (AvgIpc) is 3.14. The SMILES string of the molecule is COC(=O)N(NC(=O)O)c1nc2cc(Oc3cccc4ccccc34)c(Cl)cc2[nH]1. The molecule has 0 aliphatic heterocycles. The number of methoxy groups -OCH3 is 1. The molecule has 3 N–H and O–H groups in total. The number of amides is 2. The molecule has 0 unspecified atom stereocenters. The summed E-state index contributed by atoms with van der Waals surface area (Å²) in [6.07, 6.45) is -2.42. The molecule has 30 heavy (non-hydrogen) atoms. The molecule has 1 aromatic heterocycles. The van der Waals surface area contributed by atoms with Crippen LogP contribution in [0, 0.1) is 0 Å². The number of carbonyl (C=O) groups excluding carboxylic acids is 1. The minimum absolute atomic E-state index is 0.0855. The lowest BCUT2D eigenvalue weighted by molar-refractivity contribution is 0.167. The van der Waals surface area contributed by atoms with Crippen molar-refractivity contribution in [2.75, 3.05) is 12.1 Å². The predicted octanol–water partition coefficient (Wildman–Crippen LogP) is 4.92. The van der Waals surface area contributed by atoms with Crippen LogP contribution in [0.2, 0.25) is 5.02 Å². The Balaban J connectivity index is 1.73. The van der Waals surface area contributed by atoms with Gasteiger partial charge in [0, 0.05) is 11.5 Å². The third-order valence-electron chi connectivity index (χ3n) is 4.27. The molecule has 0 radical (unpaired) electrons. The van der Waals surface area contributed by atoms with E-state index in [1.165, 1.54) is 0 Å². The molecular weight excluding hydrogens is 412 g/mol. The summed E-state index contributed by atoms with van der Waals surface area (Å²) in [5.74, 6) is 0.890. The molecule has 9 nitrogen and oxygen atoms in total. The van der Waals surface area contributed by atoms with Crippen LogP contribution in [0.4, 0.5) is 15.5 Å². The van der Waals surface area contributed by atoms with Gasteiger partial charge in [-0.25, -0.2) is 20.0 Å². The molecule has 0 saturated carbocycles. The molecule has 0 atom stereocenters. The van der Waals surface area contributed by atoms with Crippen molar-refractivity contribution in [1.29, 1.82) is 0 Å². The predicted molar refractivity (Wildman–Crippen MR) is 111 cm³/mol. The highest BCUT2D eigenvalue weighted by molar-refractivity contribution is 6.32. The third kappa shape index (κ3) is 3.65. The molecule has 1 heterocycles. The van der Waals surface area contributed by atoms with Gasteiger partial charge in [0.1, 0.15) is 11.5 Å². The molecule has 0 aliphatic carbocycles. The minimum Gasteiger partial charge on any atom is -0.464 e. The first-order valence-electron chi connectivity index (χ1n) is 8.69. The van der Waals surface area contributed by atoms with Gasteiger partial charge in [0.2, 0.25) is 5.95 Å². The maximum atomic E-state index is 11.9. The van der Waals surface area contributed by atoms with Crippen LogP contribution in [0.25, 0.3) is 21.8 Å². The van der Waals surface area contributed by atoms with E-state index >= 15 is 0 Å². The van der Waals surface area contributed by atoms with E-state index < -0.39 is 12.2 Å². The van der Waals surface area contributed by atoms with Crippen molar-refractivity contribution in [2.24, 2.45) is 0 Å². The van der Waals surface area contributed by atoms with Gasteiger partial charge >= 0.3 is 12.2 Å². The lowest BCUT2D eigenvalue weighted by atomic mass is 10.1. The second kappa shape index (κ2) is 7.80. The van der Waals surface area contributed by atoms with Crippen LogP contribution >= 0.6 is 11.6 Å². The molecule has 10 heteroatoms. The van der Waals surface area contributed by atoms with Crippen molar-refractivity contribution in [3.05, 3.63) is 59.6 Å². The Kier molecular flexibility index (Phi) is 5.03. The number of aromatic nitrogens is 2. The van der Waals surface area contributed by atoms with Crippen LogP contribution in [0.5, 0.6) is 11.5 Å². The fourth-order valence-corrected chi connectivity index (χ4v) is 3.16. The van der Waals surface area contributed by atoms with E-state index in [2.05, 4.69) is 14.7 Å². The highest BCUT2D eigenvalue weighted by Gasteiger charge is 2.23. The zero-order valence-corrected chi connectivity index (χ0v) is 16.3. The first-order valence-corrected chi connectivity index (χ1v) is 9.06. The van der Waals surface area contributed by atoms with Gasteiger partial charge in [-0.1, -0.05) is 48.0 Å². The molecule has 4 aromatic rings. The van der Waals surface area contributed by atoms with E-state index in [1.54, 1.807) is 12.1 Å². The lowest BCUT2D eigenvalue weighted by Crippen LogP contribution is -2.46. The van der Waals surface area contributed by atoms with Crippen molar-refractivity contribution in [3.8, 4) is 11.5 Å². The number of rotatable bonds is 3. The van der Waals surface area contributed by atoms with Crippen LogP contribution < -0.4 is 15.2 Å². The summed E-state index contributed by atoms with van der Waals surface area (Å²) in [6.45, 7) is 0. The number of ether oxygens (including phenoxy) is 2. The molecule has 2 amide bonds. The number of benzene rings is 3. The monoisotopic (exact) mass is 426 g/mol. The summed E-state index contributed by atoms with van der Waals surface area (Å²) in [5.41, 5.74) is 2.80. The number of nitrogens with one attached hydrogen (secondary N) is 2. The first-order chi connectivity index (χ1) is 14.5. The number of carboxylic acid groups (broad SMARTS) is 1. The summed E-state index contributed by atoms with van der Waals surface area (Å²) < 4.78 is 10.6. The van der Waals surface area contributed by atoms with Gasteiger partial charge in [-0.2, -0.15) is 0 Å². The zero-order valence-electron chi connectivity index (χ0n) is 15.5. The topological polar surface area (TPSA) is 117 Å². The molecule has 0 saturated heterocycles. The van der Waals surface area contributed by atoms with Crippen molar-refractivity contribution in [1.82, 2.24) is 15.4 Å². The minimum atomic E-state index is -1.46. The van der Waals surface area contributed by atoms with Gasteiger partial charge in [0.05, 0.1) is 23.2 Å². The van der Waals surface area contributed by atoms with Gasteiger partial charge in [-0.15, -0.1) is 5.01 Å². The van der Waals surface area contributed by atoms with Crippen LogP contribution in [0.1, 0.15) is 0 Å². The number of hydrogen-bond donors (Lipinski definition) is 3. The number of hydrogen-bond acceptors (Lipinski definition) is 5. The second-order valence-electron chi connectivity index (χ2n) is 6.16. The maximum Gasteiger partial charge on any atom is 0.436 e. The van der Waals surface area contributed by atoms with E-state index in [0.29, 0.717) is 32.6 Å². The molecule has 0 spiro atoms. The van der Waals surface area contributed by atoms with Crippen LogP contribution in [-0.2, 0) is 4.74 Å². The number of H-pyrrole nitrogens is 1. The average molecular weight is 427 g/mol. The largest absolute Gasteiger partial charge is 0.464 e. The zero-order chi connectivity index (χ0) is 21.3. The number of halogens is 1. The van der Waals surface area contributed by atoms with Crippen molar-refractivity contribution < 1.29 is 24.2 Å². The Morgan fingerprint density at radius 1 is 1.13 bits per heavy atom. The fraction of sp³-hybridized carbons (Fsp3) is 0.0500. The van der Waals surface area contributed by atoms with E-state index in [0.717, 1.165) is 17.9 Å². The highest BCUT2D eigenvalue weighted by Crippen LogP contribution is 2.36. The van der Waals surface area contributed by atoms with Gasteiger partial charge in [-0.05, 0) is 17.5 Å². The fourth-order valence-electron chi connectivity index (χ4n) is 2.96. The Hall–Kier alpha value is -3.98. The number of carbonyl (C=O) groups is 2. The third-order valence-corrected chi connectivity index (χ3v) is 4.56. The molecule has 152 valence electrons. The summed E-state index contributed by atoms with van der Waals surface area (Å²) in [5, 5.41) is 11.8. The van der Waals surface area contributed by atoms with E-state index in [9.17, 15) is 9.59 Å². The Morgan fingerprint density at radius 2 is 1.90 bits per heavy atom. The standard InChI is InChI=1S/C20H15ClN4O5/c1-29-20(28)25(24-19(26)27)18-22-14-9-13(21)17(10-15(14)23-18)30-16-8-4-6-11-5-2-3-7-12(11)16/h2-10,24H,1H3,(H,22,23)(H,26,27). The Labute approximate surface area is 174 Å². The van der Waals surface area contributed by atoms with Gasteiger partial charge in [-0.3, -0.25) is 0 Å². The van der Waals surface area contributed by atoms with Crippen LogP contribution in [-0.4, -0.2) is 34.4 Å². The molecule has 3 aromatic carbocycles. The summed E-state index contributed by atoms with van der Waals surface area (Å²) in [7, 11) is 1.12. The smallest absolute Gasteiger partial charge is 0.436 e. The summed E-state index contributed by atoms with van der Waals surface area (Å²) in [4.78, 5) is 30.0. The van der Waals surface area contributed by atoms with Gasteiger partial charge in [0.15, 0.2) is 0 Å². The lowest BCUT2D eigenvalue weighted by Gasteiger charge is -2.16. The Bertz CT molecular complexity index is 1270. The second-order valence-corrected chi connectivity index (χ2v) is 6.57. The van der Waals surface area contributed by atoms with E-state index in [1.807, 2.05) is 47.9 Å². The van der Waals surface area contributed by atoms with Crippen LogP contribution in [0.15, 0.2) is 54.6 Å². The van der Waals surface area contributed by atoms with Crippen molar-refractivity contribution in [3.63, 3.8) is 0 Å². The molecule has 4 rings (SSSR count). The molecule has 0 fully saturated rings.